The third kappa shape index (κ3) is 8.17. The van der Waals surface area contributed by atoms with E-state index >= 15 is 0 Å². The summed E-state index contributed by atoms with van der Waals surface area (Å²) in [5, 5.41) is 14.1. The van der Waals surface area contributed by atoms with E-state index in [1.165, 1.54) is 24.1 Å². The molecule has 0 radical (unpaired) electrons. The van der Waals surface area contributed by atoms with Crippen LogP contribution >= 0.6 is 0 Å². The Hall–Kier alpha value is -3.67. The Morgan fingerprint density at radius 3 is 2.24 bits per heavy atom. The number of rotatable bonds is 12. The highest BCUT2D eigenvalue weighted by Gasteiger charge is 2.32. The summed E-state index contributed by atoms with van der Waals surface area (Å²) in [6.07, 6.45) is 0.891. The van der Waals surface area contributed by atoms with Crippen molar-refractivity contribution in [1.82, 2.24) is 10.2 Å². The maximum atomic E-state index is 13.6. The van der Waals surface area contributed by atoms with Crippen LogP contribution in [0.1, 0.15) is 31.9 Å². The summed E-state index contributed by atoms with van der Waals surface area (Å²) in [6.45, 7) is 7.15. The number of ether oxygens (including phenoxy) is 1. The first-order valence-electron chi connectivity index (χ1n) is 11.7. The number of amides is 2. The Labute approximate surface area is 217 Å². The highest BCUT2D eigenvalue weighted by Crippen LogP contribution is 2.33. The molecule has 202 valence electrons. The second-order valence-corrected chi connectivity index (χ2v) is 11.1. The van der Waals surface area contributed by atoms with E-state index < -0.39 is 33.4 Å². The van der Waals surface area contributed by atoms with Crippen LogP contribution < -0.4 is 14.4 Å². The van der Waals surface area contributed by atoms with Gasteiger partial charge < -0.3 is 15.0 Å². The fraction of sp³-hybridized carbons (Fsp3) is 0.440. The molecule has 1 N–H and O–H groups in total. The first-order valence-corrected chi connectivity index (χ1v) is 13.5. The summed E-state index contributed by atoms with van der Waals surface area (Å²) in [7, 11) is -2.80. The maximum absolute atomic E-state index is 13.6. The van der Waals surface area contributed by atoms with E-state index in [4.69, 9.17) is 4.74 Å². The number of aryl methyl sites for hydroxylation is 1. The third-order valence-corrected chi connectivity index (χ3v) is 6.77. The quantitative estimate of drug-likeness (QED) is 0.326. The number of benzene rings is 2. The minimum Gasteiger partial charge on any atom is -0.495 e. The van der Waals surface area contributed by atoms with Crippen LogP contribution in [-0.2, 0) is 26.2 Å². The van der Waals surface area contributed by atoms with Gasteiger partial charge in [-0.1, -0.05) is 43.7 Å². The van der Waals surface area contributed by atoms with Gasteiger partial charge in [0.2, 0.25) is 21.8 Å². The van der Waals surface area contributed by atoms with Gasteiger partial charge in [0.25, 0.3) is 5.69 Å². The number of hydrogen-bond acceptors (Lipinski definition) is 7. The maximum Gasteiger partial charge on any atom is 0.271 e. The van der Waals surface area contributed by atoms with Crippen LogP contribution in [0.4, 0.5) is 11.4 Å². The lowest BCUT2D eigenvalue weighted by Crippen LogP contribution is -2.51. The van der Waals surface area contributed by atoms with E-state index in [1.54, 1.807) is 6.92 Å². The van der Waals surface area contributed by atoms with Crippen molar-refractivity contribution in [3.05, 3.63) is 63.7 Å². The fourth-order valence-corrected chi connectivity index (χ4v) is 4.35. The zero-order valence-corrected chi connectivity index (χ0v) is 22.7. The Morgan fingerprint density at radius 2 is 1.73 bits per heavy atom. The van der Waals surface area contributed by atoms with Gasteiger partial charge >= 0.3 is 0 Å². The van der Waals surface area contributed by atoms with Gasteiger partial charge in [-0.3, -0.25) is 24.0 Å². The largest absolute Gasteiger partial charge is 0.495 e. The van der Waals surface area contributed by atoms with E-state index in [0.717, 1.165) is 27.8 Å². The number of carbonyl (C=O) groups excluding carboxylic acids is 2. The second kappa shape index (κ2) is 12.5. The van der Waals surface area contributed by atoms with Crippen LogP contribution in [0.3, 0.4) is 0 Å². The predicted molar refractivity (Wildman–Crippen MR) is 141 cm³/mol. The number of sulfonamides is 1. The molecule has 2 aromatic carbocycles. The first kappa shape index (κ1) is 29.6. The summed E-state index contributed by atoms with van der Waals surface area (Å²) in [5.41, 5.74) is 1.25. The SMILES string of the molecule is COc1ccc([N+](=O)[O-])cc1N(CC(=O)N(Cc1ccc(C)cc1)C(C)C(=O)NCC(C)C)S(C)(=O)=O. The monoisotopic (exact) mass is 534 g/mol. The molecular weight excluding hydrogens is 500 g/mol. The molecule has 11 nitrogen and oxygen atoms in total. The van der Waals surface area contributed by atoms with Gasteiger partial charge in [0.05, 0.1) is 18.3 Å². The molecule has 0 saturated carbocycles. The van der Waals surface area contributed by atoms with E-state index in [9.17, 15) is 28.1 Å². The van der Waals surface area contributed by atoms with Crippen LogP contribution in [0.25, 0.3) is 0 Å². The summed E-state index contributed by atoms with van der Waals surface area (Å²) < 4.78 is 31.5. The third-order valence-electron chi connectivity index (χ3n) is 5.65. The number of hydrogen-bond donors (Lipinski definition) is 1. The Kier molecular flexibility index (Phi) is 10.0. The van der Waals surface area contributed by atoms with Crippen LogP contribution in [0.5, 0.6) is 5.75 Å². The highest BCUT2D eigenvalue weighted by atomic mass is 32.2. The van der Waals surface area contributed by atoms with E-state index in [2.05, 4.69) is 5.32 Å². The molecule has 0 saturated heterocycles. The molecule has 0 spiro atoms. The van der Waals surface area contributed by atoms with Crippen LogP contribution in [0.2, 0.25) is 0 Å². The molecule has 2 rings (SSSR count). The molecule has 0 heterocycles. The van der Waals surface area contributed by atoms with Gasteiger partial charge in [-0.2, -0.15) is 0 Å². The minimum atomic E-state index is -4.08. The smallest absolute Gasteiger partial charge is 0.271 e. The fourth-order valence-electron chi connectivity index (χ4n) is 3.51. The lowest BCUT2D eigenvalue weighted by molar-refractivity contribution is -0.384. The standard InChI is InChI=1S/C25H34N4O7S/c1-17(2)14-26-25(31)19(4)27(15-20-9-7-18(3)8-10-20)24(30)16-28(37(6,34)35)22-13-21(29(32)33)11-12-23(22)36-5/h7-13,17,19H,14-16H2,1-6H3,(H,26,31). The normalized spacial score (nSPS) is 12.1. The molecule has 0 aliphatic heterocycles. The average molecular weight is 535 g/mol. The van der Waals surface area contributed by atoms with Crippen molar-refractivity contribution in [1.29, 1.82) is 0 Å². The second-order valence-electron chi connectivity index (χ2n) is 9.21. The predicted octanol–water partition coefficient (Wildman–Crippen LogP) is 2.87. The van der Waals surface area contributed by atoms with Crippen LogP contribution in [0.15, 0.2) is 42.5 Å². The van der Waals surface area contributed by atoms with Crippen molar-refractivity contribution in [3.8, 4) is 5.75 Å². The van der Waals surface area contributed by atoms with Gasteiger partial charge in [-0.05, 0) is 31.4 Å². The molecule has 1 atom stereocenters. The number of non-ortho nitro benzene ring substituents is 1. The number of anilines is 1. The van der Waals surface area contributed by atoms with Crippen molar-refractivity contribution < 1.29 is 27.7 Å². The molecule has 0 aliphatic rings. The summed E-state index contributed by atoms with van der Waals surface area (Å²) in [4.78, 5) is 38.4. The molecule has 0 aliphatic carbocycles. The van der Waals surface area contributed by atoms with Gasteiger partial charge in [0.1, 0.15) is 24.0 Å². The Balaban J connectivity index is 2.48. The summed E-state index contributed by atoms with van der Waals surface area (Å²) >= 11 is 0. The van der Waals surface area contributed by atoms with Crippen LogP contribution in [-0.4, -0.2) is 62.6 Å². The van der Waals surface area contributed by atoms with Crippen molar-refractivity contribution in [2.24, 2.45) is 5.92 Å². The number of nitrogens with one attached hydrogen (secondary N) is 1. The molecule has 0 bridgehead atoms. The Morgan fingerprint density at radius 1 is 1.11 bits per heavy atom. The molecule has 1 unspecified atom stereocenters. The lowest BCUT2D eigenvalue weighted by atomic mass is 10.1. The van der Waals surface area contributed by atoms with Crippen molar-refractivity contribution in [2.75, 3.05) is 30.8 Å². The molecule has 0 fully saturated rings. The van der Waals surface area contributed by atoms with Gasteiger partial charge in [-0.25, -0.2) is 8.42 Å². The highest BCUT2D eigenvalue weighted by molar-refractivity contribution is 7.92. The first-order chi connectivity index (χ1) is 17.2. The van der Waals surface area contributed by atoms with Crippen molar-refractivity contribution in [2.45, 2.75) is 40.3 Å². The number of methoxy groups -OCH3 is 1. The Bertz CT molecular complexity index is 1230. The molecule has 37 heavy (non-hydrogen) atoms. The molecule has 2 amide bonds. The lowest BCUT2D eigenvalue weighted by Gasteiger charge is -2.32. The van der Waals surface area contributed by atoms with E-state index in [0.29, 0.717) is 6.54 Å². The van der Waals surface area contributed by atoms with Crippen molar-refractivity contribution in [3.63, 3.8) is 0 Å². The zero-order valence-electron chi connectivity index (χ0n) is 21.9. The zero-order chi connectivity index (χ0) is 27.9. The van der Waals surface area contributed by atoms with Gasteiger partial charge in [0.15, 0.2) is 0 Å². The number of nitro benzene ring substituents is 1. The summed E-state index contributed by atoms with van der Waals surface area (Å²) in [5.74, 6) is -0.809. The summed E-state index contributed by atoms with van der Waals surface area (Å²) in [6, 6.07) is 9.96. The van der Waals surface area contributed by atoms with E-state index in [1.807, 2.05) is 45.0 Å². The van der Waals surface area contributed by atoms with Gasteiger partial charge in [-0.15, -0.1) is 0 Å². The minimum absolute atomic E-state index is 0.0386. The number of nitrogens with zero attached hydrogens (tertiary/aromatic N) is 3. The number of nitro groups is 1. The molecular formula is C25H34N4O7S. The molecule has 0 aromatic heterocycles. The van der Waals surface area contributed by atoms with Crippen molar-refractivity contribution >= 4 is 33.2 Å². The average Bonchev–Trinajstić information content (AvgIpc) is 2.83. The van der Waals surface area contributed by atoms with E-state index in [-0.39, 0.29) is 35.5 Å². The van der Waals surface area contributed by atoms with Crippen LogP contribution in [0, 0.1) is 23.0 Å². The molecule has 12 heteroatoms. The topological polar surface area (TPSA) is 139 Å². The number of carbonyl (C=O) groups is 2. The molecule has 2 aromatic rings. The van der Waals surface area contributed by atoms with Gasteiger partial charge in [0, 0.05) is 25.2 Å².